The number of hydrogen-bond donors (Lipinski definition) is 2. The van der Waals surface area contributed by atoms with Gasteiger partial charge in [0.1, 0.15) is 0 Å². The standard InChI is InChI=1S/C25H33N3O3/c1-4-16-28(17-5-2)24(30)13-9-12-23(29)27-22-18-21(15-14-19(22)3)26-25(31)20-10-7-6-8-11-20/h6-8,10-11,14-15,18H,4-5,9,12-13,16-17H2,1-3H3,(H,26,31)(H,27,29). The molecule has 0 bridgehead atoms. The molecule has 0 radical (unpaired) electrons. The normalized spacial score (nSPS) is 10.4. The van der Waals surface area contributed by atoms with Gasteiger partial charge in [-0.1, -0.05) is 38.1 Å². The molecule has 6 heteroatoms. The SMILES string of the molecule is CCCN(CCC)C(=O)CCCC(=O)Nc1cc(NC(=O)c2ccccc2)ccc1C. The van der Waals surface area contributed by atoms with Crippen LogP contribution >= 0.6 is 0 Å². The highest BCUT2D eigenvalue weighted by atomic mass is 16.2. The fourth-order valence-electron chi connectivity index (χ4n) is 3.30. The topological polar surface area (TPSA) is 78.5 Å². The molecule has 0 saturated heterocycles. The maximum Gasteiger partial charge on any atom is 0.255 e. The molecule has 0 spiro atoms. The van der Waals surface area contributed by atoms with E-state index < -0.39 is 0 Å². The lowest BCUT2D eigenvalue weighted by Gasteiger charge is -2.21. The van der Waals surface area contributed by atoms with E-state index in [1.165, 1.54) is 0 Å². The number of aryl methyl sites for hydroxylation is 1. The number of carbonyl (C=O) groups excluding carboxylic acids is 3. The number of carbonyl (C=O) groups is 3. The molecule has 166 valence electrons. The minimum Gasteiger partial charge on any atom is -0.343 e. The van der Waals surface area contributed by atoms with Crippen LogP contribution < -0.4 is 10.6 Å². The summed E-state index contributed by atoms with van der Waals surface area (Å²) in [5.74, 6) is -0.234. The lowest BCUT2D eigenvalue weighted by atomic mass is 10.1. The van der Waals surface area contributed by atoms with Gasteiger partial charge in [-0.15, -0.1) is 0 Å². The molecule has 31 heavy (non-hydrogen) atoms. The molecule has 0 heterocycles. The molecule has 0 unspecified atom stereocenters. The van der Waals surface area contributed by atoms with Crippen LogP contribution in [0.3, 0.4) is 0 Å². The third kappa shape index (κ3) is 7.89. The fourth-order valence-corrected chi connectivity index (χ4v) is 3.30. The maximum atomic E-state index is 12.4. The Bertz CT molecular complexity index is 875. The Morgan fingerprint density at radius 3 is 2.19 bits per heavy atom. The van der Waals surface area contributed by atoms with Gasteiger partial charge < -0.3 is 15.5 Å². The smallest absolute Gasteiger partial charge is 0.255 e. The highest BCUT2D eigenvalue weighted by Crippen LogP contribution is 2.21. The highest BCUT2D eigenvalue weighted by molar-refractivity contribution is 6.04. The fraction of sp³-hybridized carbons (Fsp3) is 0.400. The Hall–Kier alpha value is -3.15. The average molecular weight is 424 g/mol. The summed E-state index contributed by atoms with van der Waals surface area (Å²) in [6.07, 6.45) is 3.03. The van der Waals surface area contributed by atoms with E-state index >= 15 is 0 Å². The molecule has 0 atom stereocenters. The van der Waals surface area contributed by atoms with Crippen LogP contribution in [0.25, 0.3) is 0 Å². The van der Waals surface area contributed by atoms with Gasteiger partial charge in [-0.2, -0.15) is 0 Å². The molecular formula is C25H33N3O3. The summed E-state index contributed by atoms with van der Waals surface area (Å²) in [5.41, 5.74) is 2.73. The average Bonchev–Trinajstić information content (AvgIpc) is 2.76. The molecule has 0 aromatic heterocycles. The van der Waals surface area contributed by atoms with Crippen molar-refractivity contribution in [3.63, 3.8) is 0 Å². The van der Waals surface area contributed by atoms with Crippen molar-refractivity contribution in [2.24, 2.45) is 0 Å². The summed E-state index contributed by atoms with van der Waals surface area (Å²) in [5, 5.41) is 5.75. The van der Waals surface area contributed by atoms with Crippen molar-refractivity contribution in [2.45, 2.75) is 52.9 Å². The van der Waals surface area contributed by atoms with Crippen LogP contribution in [0.15, 0.2) is 48.5 Å². The minimum absolute atomic E-state index is 0.110. The van der Waals surface area contributed by atoms with Gasteiger partial charge in [0.15, 0.2) is 0 Å². The first-order chi connectivity index (χ1) is 14.9. The molecule has 2 rings (SSSR count). The van der Waals surface area contributed by atoms with Crippen molar-refractivity contribution in [3.05, 3.63) is 59.7 Å². The Labute approximate surface area is 185 Å². The van der Waals surface area contributed by atoms with Crippen molar-refractivity contribution >= 4 is 29.1 Å². The third-order valence-corrected chi connectivity index (χ3v) is 4.94. The Balaban J connectivity index is 1.89. The second kappa shape index (κ2) is 12.5. The van der Waals surface area contributed by atoms with Crippen LogP contribution in [0.1, 0.15) is 61.9 Å². The molecule has 0 aliphatic heterocycles. The van der Waals surface area contributed by atoms with E-state index in [2.05, 4.69) is 24.5 Å². The zero-order valence-electron chi connectivity index (χ0n) is 18.7. The van der Waals surface area contributed by atoms with Crippen LogP contribution in [0.4, 0.5) is 11.4 Å². The maximum absolute atomic E-state index is 12.4. The first-order valence-electron chi connectivity index (χ1n) is 11.0. The van der Waals surface area contributed by atoms with E-state index in [0.717, 1.165) is 31.5 Å². The number of anilines is 2. The molecule has 2 aromatic rings. The minimum atomic E-state index is -0.205. The number of hydrogen-bond acceptors (Lipinski definition) is 3. The van der Waals surface area contributed by atoms with Crippen molar-refractivity contribution in [2.75, 3.05) is 23.7 Å². The number of nitrogens with zero attached hydrogens (tertiary/aromatic N) is 1. The Morgan fingerprint density at radius 2 is 1.55 bits per heavy atom. The number of nitrogens with one attached hydrogen (secondary N) is 2. The molecule has 6 nitrogen and oxygen atoms in total. The van der Waals surface area contributed by atoms with E-state index in [9.17, 15) is 14.4 Å². The van der Waals surface area contributed by atoms with Gasteiger partial charge in [0, 0.05) is 42.9 Å². The largest absolute Gasteiger partial charge is 0.343 e. The van der Waals surface area contributed by atoms with E-state index in [1.54, 1.807) is 24.3 Å². The van der Waals surface area contributed by atoms with E-state index in [4.69, 9.17) is 0 Å². The monoisotopic (exact) mass is 423 g/mol. The van der Waals surface area contributed by atoms with Crippen LogP contribution in [0.5, 0.6) is 0 Å². The van der Waals surface area contributed by atoms with Crippen molar-refractivity contribution in [1.29, 1.82) is 0 Å². The molecule has 3 amide bonds. The molecule has 2 aromatic carbocycles. The molecular weight excluding hydrogens is 390 g/mol. The van der Waals surface area contributed by atoms with Gasteiger partial charge in [-0.3, -0.25) is 14.4 Å². The van der Waals surface area contributed by atoms with Gasteiger partial charge in [-0.05, 0) is 56.0 Å². The quantitative estimate of drug-likeness (QED) is 0.533. The third-order valence-electron chi connectivity index (χ3n) is 4.94. The molecule has 2 N–H and O–H groups in total. The summed E-state index contributed by atoms with van der Waals surface area (Å²) in [6.45, 7) is 7.54. The van der Waals surface area contributed by atoms with Crippen LogP contribution in [0, 0.1) is 6.92 Å². The van der Waals surface area contributed by atoms with Crippen LogP contribution in [-0.2, 0) is 9.59 Å². The van der Waals surface area contributed by atoms with Crippen molar-refractivity contribution in [3.8, 4) is 0 Å². The number of benzene rings is 2. The predicted molar refractivity (Wildman–Crippen MR) is 125 cm³/mol. The van der Waals surface area contributed by atoms with E-state index in [1.807, 2.05) is 36.1 Å². The molecule has 0 aliphatic rings. The second-order valence-electron chi connectivity index (χ2n) is 7.63. The Kier molecular flexibility index (Phi) is 9.75. The summed E-state index contributed by atoms with van der Waals surface area (Å²) < 4.78 is 0. The zero-order valence-corrected chi connectivity index (χ0v) is 18.7. The van der Waals surface area contributed by atoms with Gasteiger partial charge >= 0.3 is 0 Å². The summed E-state index contributed by atoms with van der Waals surface area (Å²) in [7, 11) is 0. The molecule has 0 saturated carbocycles. The van der Waals surface area contributed by atoms with E-state index in [0.29, 0.717) is 29.8 Å². The highest BCUT2D eigenvalue weighted by Gasteiger charge is 2.13. The second-order valence-corrected chi connectivity index (χ2v) is 7.63. The lowest BCUT2D eigenvalue weighted by Crippen LogP contribution is -2.32. The van der Waals surface area contributed by atoms with Crippen LogP contribution in [0.2, 0.25) is 0 Å². The molecule has 0 aliphatic carbocycles. The number of rotatable bonds is 11. The van der Waals surface area contributed by atoms with E-state index in [-0.39, 0.29) is 24.1 Å². The summed E-state index contributed by atoms with van der Waals surface area (Å²) in [6, 6.07) is 14.4. The zero-order chi connectivity index (χ0) is 22.6. The number of amides is 3. The van der Waals surface area contributed by atoms with Crippen molar-refractivity contribution in [1.82, 2.24) is 4.90 Å². The molecule has 0 fully saturated rings. The van der Waals surface area contributed by atoms with Gasteiger partial charge in [0.25, 0.3) is 5.91 Å². The van der Waals surface area contributed by atoms with Crippen molar-refractivity contribution < 1.29 is 14.4 Å². The lowest BCUT2D eigenvalue weighted by molar-refractivity contribution is -0.131. The predicted octanol–water partition coefficient (Wildman–Crippen LogP) is 5.00. The summed E-state index contributed by atoms with van der Waals surface area (Å²) in [4.78, 5) is 39.0. The summed E-state index contributed by atoms with van der Waals surface area (Å²) >= 11 is 0. The van der Waals surface area contributed by atoms with Gasteiger partial charge in [0.05, 0.1) is 0 Å². The van der Waals surface area contributed by atoms with Crippen LogP contribution in [-0.4, -0.2) is 35.7 Å². The Morgan fingerprint density at radius 1 is 0.871 bits per heavy atom. The first-order valence-corrected chi connectivity index (χ1v) is 11.0. The van der Waals surface area contributed by atoms with Gasteiger partial charge in [0.2, 0.25) is 11.8 Å². The first kappa shape index (κ1) is 24.1. The van der Waals surface area contributed by atoms with Gasteiger partial charge in [-0.25, -0.2) is 0 Å².